The molecule has 2 atom stereocenters. The van der Waals surface area contributed by atoms with Crippen LogP contribution in [0.3, 0.4) is 0 Å². The van der Waals surface area contributed by atoms with Crippen molar-refractivity contribution in [3.8, 4) is 16.9 Å². The molecular weight excluding hydrogens is 469 g/mol. The van der Waals surface area contributed by atoms with E-state index in [9.17, 15) is 9.18 Å². The van der Waals surface area contributed by atoms with Crippen LogP contribution in [0, 0.1) is 5.82 Å². The Morgan fingerprint density at radius 2 is 1.70 bits per heavy atom. The summed E-state index contributed by atoms with van der Waals surface area (Å²) < 4.78 is 31.2. The molecule has 3 aromatic carbocycles. The minimum atomic E-state index is -0.326. The third-order valence-corrected chi connectivity index (χ3v) is 7.81. The van der Waals surface area contributed by atoms with Gasteiger partial charge < -0.3 is 14.2 Å². The molecule has 2 bridgehead atoms. The molecule has 0 aromatic heterocycles. The molecule has 2 heterocycles. The van der Waals surface area contributed by atoms with E-state index in [4.69, 9.17) is 14.2 Å². The number of fused-ring (bicyclic) bond motifs is 5. The molecule has 1 aliphatic carbocycles. The number of methoxy groups -OCH3 is 1. The first-order valence-electron chi connectivity index (χ1n) is 12.9. The molecule has 2 aliphatic heterocycles. The molecule has 0 saturated carbocycles. The van der Waals surface area contributed by atoms with Gasteiger partial charge in [0.15, 0.2) is 6.79 Å². The molecule has 1 fully saturated rings. The lowest BCUT2D eigenvalue weighted by Gasteiger charge is -2.44. The Balaban J connectivity index is 1.19. The molecule has 3 aromatic rings. The largest absolute Gasteiger partial charge is 0.467 e. The summed E-state index contributed by atoms with van der Waals surface area (Å²) >= 11 is 0. The van der Waals surface area contributed by atoms with Crippen LogP contribution in [0.25, 0.3) is 16.7 Å². The van der Waals surface area contributed by atoms with Gasteiger partial charge in [0.2, 0.25) is 0 Å². The molecule has 1 amide bonds. The van der Waals surface area contributed by atoms with Crippen molar-refractivity contribution in [1.82, 2.24) is 4.90 Å². The average molecular weight is 500 g/mol. The van der Waals surface area contributed by atoms with Gasteiger partial charge in [-0.25, -0.2) is 9.18 Å². The third-order valence-electron chi connectivity index (χ3n) is 7.81. The summed E-state index contributed by atoms with van der Waals surface area (Å²) in [6.07, 6.45) is 5.14. The number of ether oxygens (including phenoxy) is 3. The lowest BCUT2D eigenvalue weighted by molar-refractivity contribution is 0.0509. The number of halogens is 1. The Morgan fingerprint density at radius 1 is 0.973 bits per heavy atom. The van der Waals surface area contributed by atoms with Crippen molar-refractivity contribution in [2.75, 3.05) is 20.5 Å². The van der Waals surface area contributed by atoms with Crippen LogP contribution in [-0.2, 0) is 9.47 Å². The standard InChI is InChI=1S/C31H30FNO4/c1-35-19-37-23-13-14-24(30(32)17-23)20-15-21-7-6-8-22(16-20)33(21)31(34)36-18-29-27-11-4-2-9-25(27)26-10-3-5-12-28(26)29/h2-5,9-15,17,21-22,29H,6-8,16,18-19H2,1H3. The highest BCUT2D eigenvalue weighted by Gasteiger charge is 2.39. The van der Waals surface area contributed by atoms with Crippen LogP contribution < -0.4 is 4.74 Å². The number of carbonyl (C=O) groups is 1. The third kappa shape index (κ3) is 4.40. The summed E-state index contributed by atoms with van der Waals surface area (Å²) in [5.41, 5.74) is 6.32. The van der Waals surface area contributed by atoms with Crippen LogP contribution >= 0.6 is 0 Å². The van der Waals surface area contributed by atoms with E-state index in [0.717, 1.165) is 24.8 Å². The van der Waals surface area contributed by atoms with Gasteiger partial charge in [-0.2, -0.15) is 0 Å². The van der Waals surface area contributed by atoms with Crippen LogP contribution in [0.15, 0.2) is 72.8 Å². The first kappa shape index (κ1) is 23.7. The second-order valence-corrected chi connectivity index (χ2v) is 9.95. The Kier molecular flexibility index (Phi) is 6.43. The molecule has 3 aliphatic rings. The molecule has 5 nitrogen and oxygen atoms in total. The number of carbonyl (C=O) groups excluding carboxylic acids is 1. The first-order valence-corrected chi connectivity index (χ1v) is 12.9. The molecular formula is C31H30FNO4. The van der Waals surface area contributed by atoms with E-state index >= 15 is 0 Å². The maximum atomic E-state index is 15.0. The van der Waals surface area contributed by atoms with Gasteiger partial charge in [-0.1, -0.05) is 54.6 Å². The fraction of sp³-hybridized carbons (Fsp3) is 0.323. The maximum Gasteiger partial charge on any atom is 0.410 e. The predicted octanol–water partition coefficient (Wildman–Crippen LogP) is 6.77. The van der Waals surface area contributed by atoms with E-state index in [1.807, 2.05) is 35.2 Å². The number of nitrogens with zero attached hydrogens (tertiary/aromatic N) is 1. The molecule has 0 spiro atoms. The van der Waals surface area contributed by atoms with Crippen LogP contribution in [0.4, 0.5) is 9.18 Å². The van der Waals surface area contributed by atoms with E-state index in [0.29, 0.717) is 24.3 Å². The van der Waals surface area contributed by atoms with E-state index < -0.39 is 0 Å². The molecule has 0 radical (unpaired) electrons. The number of rotatable bonds is 6. The van der Waals surface area contributed by atoms with E-state index in [2.05, 4.69) is 24.3 Å². The minimum Gasteiger partial charge on any atom is -0.467 e. The predicted molar refractivity (Wildman–Crippen MR) is 140 cm³/mol. The van der Waals surface area contributed by atoms with Gasteiger partial charge in [-0.15, -0.1) is 0 Å². The smallest absolute Gasteiger partial charge is 0.410 e. The van der Waals surface area contributed by atoms with Crippen molar-refractivity contribution in [3.05, 3.63) is 95.3 Å². The molecule has 2 unspecified atom stereocenters. The zero-order valence-corrected chi connectivity index (χ0v) is 20.9. The highest BCUT2D eigenvalue weighted by atomic mass is 19.1. The second-order valence-electron chi connectivity index (χ2n) is 9.95. The zero-order chi connectivity index (χ0) is 25.4. The van der Waals surface area contributed by atoms with Gasteiger partial charge in [0.1, 0.15) is 18.2 Å². The van der Waals surface area contributed by atoms with E-state index in [-0.39, 0.29) is 36.7 Å². The number of benzene rings is 3. The second kappa shape index (κ2) is 10.0. The van der Waals surface area contributed by atoms with Gasteiger partial charge in [-0.05, 0) is 65.6 Å². The summed E-state index contributed by atoms with van der Waals surface area (Å²) in [7, 11) is 1.53. The van der Waals surface area contributed by atoms with Crippen molar-refractivity contribution < 1.29 is 23.4 Å². The summed E-state index contributed by atoms with van der Waals surface area (Å²) in [6, 6.07) is 21.5. The van der Waals surface area contributed by atoms with E-state index in [1.54, 1.807) is 12.1 Å². The summed E-state index contributed by atoms with van der Waals surface area (Å²) in [5.74, 6) is 0.132. The SMILES string of the molecule is COCOc1ccc(C2=CC3CCCC(C2)N3C(=O)OCC2c3ccccc3-c3ccccc32)c(F)c1. The van der Waals surface area contributed by atoms with Crippen molar-refractivity contribution in [3.63, 3.8) is 0 Å². The fourth-order valence-electron chi connectivity index (χ4n) is 6.16. The maximum absolute atomic E-state index is 15.0. The topological polar surface area (TPSA) is 48.0 Å². The number of hydrogen-bond donors (Lipinski definition) is 0. The normalized spacial score (nSPS) is 20.2. The number of amides is 1. The van der Waals surface area contributed by atoms with Gasteiger partial charge in [0.05, 0.1) is 6.04 Å². The lowest BCUT2D eigenvalue weighted by Crippen LogP contribution is -2.52. The van der Waals surface area contributed by atoms with Crippen LogP contribution in [0.2, 0.25) is 0 Å². The Hall–Kier alpha value is -3.64. The lowest BCUT2D eigenvalue weighted by atomic mass is 9.83. The van der Waals surface area contributed by atoms with Crippen molar-refractivity contribution >= 4 is 11.7 Å². The molecule has 190 valence electrons. The Morgan fingerprint density at radius 3 is 2.38 bits per heavy atom. The van der Waals surface area contributed by atoms with Gasteiger partial charge >= 0.3 is 6.09 Å². The number of piperidine rings is 1. The molecule has 6 heteroatoms. The average Bonchev–Trinajstić information content (AvgIpc) is 3.23. The van der Waals surface area contributed by atoms with Gasteiger partial charge in [0, 0.05) is 30.7 Å². The quantitative estimate of drug-likeness (QED) is 0.351. The van der Waals surface area contributed by atoms with Gasteiger partial charge in [-0.3, -0.25) is 4.90 Å². The molecule has 6 rings (SSSR count). The Bertz CT molecular complexity index is 1310. The highest BCUT2D eigenvalue weighted by molar-refractivity contribution is 5.79. The summed E-state index contributed by atoms with van der Waals surface area (Å²) in [6.45, 7) is 0.373. The van der Waals surface area contributed by atoms with Crippen molar-refractivity contribution in [2.45, 2.75) is 43.7 Å². The van der Waals surface area contributed by atoms with Crippen molar-refractivity contribution in [2.24, 2.45) is 0 Å². The molecule has 37 heavy (non-hydrogen) atoms. The van der Waals surface area contributed by atoms with Crippen LogP contribution in [0.5, 0.6) is 5.75 Å². The molecule has 1 saturated heterocycles. The summed E-state index contributed by atoms with van der Waals surface area (Å²) in [4.78, 5) is 15.3. The number of hydrogen-bond acceptors (Lipinski definition) is 4. The Labute approximate surface area is 216 Å². The molecule has 0 N–H and O–H groups in total. The van der Waals surface area contributed by atoms with Crippen LogP contribution in [0.1, 0.15) is 48.3 Å². The first-order chi connectivity index (χ1) is 18.1. The monoisotopic (exact) mass is 499 g/mol. The minimum absolute atomic E-state index is 0.00165. The summed E-state index contributed by atoms with van der Waals surface area (Å²) in [5, 5.41) is 0. The van der Waals surface area contributed by atoms with Crippen LogP contribution in [-0.4, -0.2) is 43.6 Å². The highest BCUT2D eigenvalue weighted by Crippen LogP contribution is 2.45. The fourth-order valence-corrected chi connectivity index (χ4v) is 6.16. The zero-order valence-electron chi connectivity index (χ0n) is 20.9. The van der Waals surface area contributed by atoms with Gasteiger partial charge in [0.25, 0.3) is 0 Å². The van der Waals surface area contributed by atoms with Crippen molar-refractivity contribution in [1.29, 1.82) is 0 Å². The van der Waals surface area contributed by atoms with E-state index in [1.165, 1.54) is 35.4 Å².